The van der Waals surface area contributed by atoms with E-state index in [1.54, 1.807) is 0 Å². The molecule has 138 valence electrons. The summed E-state index contributed by atoms with van der Waals surface area (Å²) in [5, 5.41) is 0. The van der Waals surface area contributed by atoms with Gasteiger partial charge in [-0.05, 0) is 36.6 Å². The van der Waals surface area contributed by atoms with Gasteiger partial charge in [-0.25, -0.2) is 0 Å². The van der Waals surface area contributed by atoms with Crippen LogP contribution in [0.1, 0.15) is 40.6 Å². The van der Waals surface area contributed by atoms with Crippen LogP contribution >= 0.6 is 0 Å². The predicted octanol–water partition coefficient (Wildman–Crippen LogP) is 2.23. The number of carbonyl (C=O) groups excluding carboxylic acids is 1. The summed E-state index contributed by atoms with van der Waals surface area (Å²) in [6, 6.07) is 8.13. The molecule has 2 fully saturated rings. The number of amides is 1. The normalized spacial score (nSPS) is 21.3. The molecule has 0 bridgehead atoms. The summed E-state index contributed by atoms with van der Waals surface area (Å²) in [5.41, 5.74) is 2.95. The zero-order valence-electron chi connectivity index (χ0n) is 15.3. The van der Waals surface area contributed by atoms with Crippen LogP contribution < -0.4 is 0 Å². The fourth-order valence-corrected chi connectivity index (χ4v) is 3.89. The molecule has 0 N–H and O–H groups in total. The number of aryl methyl sites for hydroxylation is 1. The number of pyridine rings is 1. The molecule has 6 nitrogen and oxygen atoms in total. The zero-order valence-corrected chi connectivity index (χ0v) is 15.3. The van der Waals surface area contributed by atoms with Crippen molar-refractivity contribution in [1.82, 2.24) is 19.4 Å². The van der Waals surface area contributed by atoms with Gasteiger partial charge in [0.15, 0.2) is 0 Å². The second-order valence-corrected chi connectivity index (χ2v) is 7.14. The summed E-state index contributed by atoms with van der Waals surface area (Å²) in [4.78, 5) is 22.0. The van der Waals surface area contributed by atoms with Gasteiger partial charge in [0.05, 0.1) is 24.9 Å². The Bertz CT molecular complexity index is 749. The first-order chi connectivity index (χ1) is 12.7. The van der Waals surface area contributed by atoms with Crippen LogP contribution in [0, 0.1) is 0 Å². The first-order valence-electron chi connectivity index (χ1n) is 9.39. The van der Waals surface area contributed by atoms with Crippen molar-refractivity contribution in [2.45, 2.75) is 25.4 Å². The Balaban J connectivity index is 1.46. The summed E-state index contributed by atoms with van der Waals surface area (Å²) in [6.45, 7) is 5.28. The van der Waals surface area contributed by atoms with E-state index in [2.05, 4.69) is 17.0 Å². The molecule has 2 aromatic heterocycles. The monoisotopic (exact) mass is 354 g/mol. The van der Waals surface area contributed by atoms with E-state index in [9.17, 15) is 4.79 Å². The van der Waals surface area contributed by atoms with Crippen molar-refractivity contribution in [2.75, 3.05) is 32.8 Å². The van der Waals surface area contributed by atoms with Gasteiger partial charge in [0.1, 0.15) is 5.69 Å². The lowest BCUT2D eigenvalue weighted by atomic mass is 10.1. The van der Waals surface area contributed by atoms with Crippen molar-refractivity contribution >= 4 is 5.91 Å². The van der Waals surface area contributed by atoms with E-state index in [4.69, 9.17) is 9.72 Å². The molecule has 4 heterocycles. The maximum Gasteiger partial charge on any atom is 0.271 e. The minimum Gasteiger partial charge on any atom is -0.379 e. The molecule has 0 spiro atoms. The van der Waals surface area contributed by atoms with E-state index in [0.717, 1.165) is 63.6 Å². The molecule has 2 aliphatic heterocycles. The Morgan fingerprint density at radius 3 is 2.77 bits per heavy atom. The highest BCUT2D eigenvalue weighted by atomic mass is 16.5. The second kappa shape index (κ2) is 7.60. The number of rotatable bonds is 4. The third kappa shape index (κ3) is 3.52. The van der Waals surface area contributed by atoms with E-state index in [1.165, 1.54) is 5.56 Å². The summed E-state index contributed by atoms with van der Waals surface area (Å²) < 4.78 is 7.29. The summed E-state index contributed by atoms with van der Waals surface area (Å²) in [6.07, 6.45) is 5.88. The molecule has 0 unspecified atom stereocenters. The van der Waals surface area contributed by atoms with Crippen LogP contribution in [-0.4, -0.2) is 58.1 Å². The minimum absolute atomic E-state index is 0.0786. The van der Waals surface area contributed by atoms with Crippen LogP contribution in [0.5, 0.6) is 0 Å². The molecular formula is C20H26N4O2. The molecule has 0 aliphatic carbocycles. The molecule has 1 atom stereocenters. The minimum atomic E-state index is 0.0786. The van der Waals surface area contributed by atoms with E-state index in [1.807, 2.05) is 41.0 Å². The number of hydrogen-bond donors (Lipinski definition) is 0. The van der Waals surface area contributed by atoms with Crippen molar-refractivity contribution in [1.29, 1.82) is 0 Å². The maximum absolute atomic E-state index is 12.9. The van der Waals surface area contributed by atoms with Crippen LogP contribution in [0.2, 0.25) is 0 Å². The molecule has 2 aromatic rings. The number of aromatic nitrogens is 2. The standard InChI is InChI=1S/C20H26N4O2/c1-22-8-2-5-19(22)20(25)24-9-3-4-18(24)17-7-6-16(14-21-17)15-23-10-12-26-13-11-23/h2,5-8,14,18H,3-4,9-13,15H2,1H3/t18-/m1/s1. The van der Waals surface area contributed by atoms with E-state index in [-0.39, 0.29) is 11.9 Å². The van der Waals surface area contributed by atoms with E-state index >= 15 is 0 Å². The topological polar surface area (TPSA) is 50.6 Å². The average molecular weight is 354 g/mol. The number of ether oxygens (including phenoxy) is 1. The number of nitrogens with zero attached hydrogens (tertiary/aromatic N) is 4. The van der Waals surface area contributed by atoms with Gasteiger partial charge < -0.3 is 14.2 Å². The van der Waals surface area contributed by atoms with Gasteiger partial charge >= 0.3 is 0 Å². The molecule has 26 heavy (non-hydrogen) atoms. The van der Waals surface area contributed by atoms with E-state index < -0.39 is 0 Å². The quantitative estimate of drug-likeness (QED) is 0.845. The molecule has 0 saturated carbocycles. The Kier molecular flexibility index (Phi) is 5.04. The molecule has 4 rings (SSSR count). The molecular weight excluding hydrogens is 328 g/mol. The van der Waals surface area contributed by atoms with Crippen LogP contribution in [0.25, 0.3) is 0 Å². The van der Waals surface area contributed by atoms with Crippen LogP contribution in [-0.2, 0) is 18.3 Å². The van der Waals surface area contributed by atoms with Gasteiger partial charge in [0, 0.05) is 45.6 Å². The highest BCUT2D eigenvalue weighted by Crippen LogP contribution is 2.32. The number of hydrogen-bond acceptors (Lipinski definition) is 4. The molecule has 0 radical (unpaired) electrons. The maximum atomic E-state index is 12.9. The van der Waals surface area contributed by atoms with Gasteiger partial charge in [0.25, 0.3) is 5.91 Å². The van der Waals surface area contributed by atoms with Gasteiger partial charge in [-0.3, -0.25) is 14.7 Å². The van der Waals surface area contributed by atoms with Crippen molar-refractivity contribution in [3.63, 3.8) is 0 Å². The van der Waals surface area contributed by atoms with Gasteiger partial charge in [-0.2, -0.15) is 0 Å². The lowest BCUT2D eigenvalue weighted by Crippen LogP contribution is -2.35. The lowest BCUT2D eigenvalue weighted by Gasteiger charge is -2.27. The number of carbonyl (C=O) groups is 1. The second-order valence-electron chi connectivity index (χ2n) is 7.14. The van der Waals surface area contributed by atoms with Crippen LogP contribution in [0.15, 0.2) is 36.7 Å². The third-order valence-electron chi connectivity index (χ3n) is 5.38. The third-order valence-corrected chi connectivity index (χ3v) is 5.38. The average Bonchev–Trinajstić information content (AvgIpc) is 3.32. The van der Waals surface area contributed by atoms with Crippen molar-refractivity contribution in [3.8, 4) is 0 Å². The molecule has 1 amide bonds. The summed E-state index contributed by atoms with van der Waals surface area (Å²) in [7, 11) is 1.91. The molecule has 6 heteroatoms. The summed E-state index contributed by atoms with van der Waals surface area (Å²) in [5.74, 6) is 0.0965. The predicted molar refractivity (Wildman–Crippen MR) is 98.8 cm³/mol. The first kappa shape index (κ1) is 17.2. The van der Waals surface area contributed by atoms with Crippen molar-refractivity contribution < 1.29 is 9.53 Å². The van der Waals surface area contributed by atoms with Gasteiger partial charge in [0.2, 0.25) is 0 Å². The Labute approximate surface area is 154 Å². The SMILES string of the molecule is Cn1cccc1C(=O)N1CCC[C@@H]1c1ccc(CN2CCOCC2)cn1. The zero-order chi connectivity index (χ0) is 17.9. The van der Waals surface area contributed by atoms with Gasteiger partial charge in [-0.15, -0.1) is 0 Å². The fourth-order valence-electron chi connectivity index (χ4n) is 3.89. The summed E-state index contributed by atoms with van der Waals surface area (Å²) >= 11 is 0. The molecule has 2 saturated heterocycles. The first-order valence-corrected chi connectivity index (χ1v) is 9.39. The number of likely N-dealkylation sites (tertiary alicyclic amines) is 1. The highest BCUT2D eigenvalue weighted by molar-refractivity contribution is 5.93. The van der Waals surface area contributed by atoms with Gasteiger partial charge in [-0.1, -0.05) is 6.07 Å². The van der Waals surface area contributed by atoms with Crippen molar-refractivity contribution in [2.24, 2.45) is 7.05 Å². The highest BCUT2D eigenvalue weighted by Gasteiger charge is 2.32. The van der Waals surface area contributed by atoms with E-state index in [0.29, 0.717) is 0 Å². The lowest BCUT2D eigenvalue weighted by molar-refractivity contribution is 0.0341. The van der Waals surface area contributed by atoms with Crippen LogP contribution in [0.4, 0.5) is 0 Å². The largest absolute Gasteiger partial charge is 0.379 e. The Morgan fingerprint density at radius 2 is 2.08 bits per heavy atom. The molecule has 0 aromatic carbocycles. The number of morpholine rings is 1. The fraction of sp³-hybridized carbons (Fsp3) is 0.500. The van der Waals surface area contributed by atoms with Crippen molar-refractivity contribution in [3.05, 3.63) is 53.6 Å². The Hall–Kier alpha value is -2.18. The van der Waals surface area contributed by atoms with Crippen LogP contribution in [0.3, 0.4) is 0 Å². The smallest absolute Gasteiger partial charge is 0.271 e. The molecule has 2 aliphatic rings. The Morgan fingerprint density at radius 1 is 1.23 bits per heavy atom.